The maximum Gasteiger partial charge on any atom is 0.271 e. The normalized spacial score (nSPS) is 22.1. The first-order valence-electron chi connectivity index (χ1n) is 13.3. The lowest BCUT2D eigenvalue weighted by Crippen LogP contribution is -2.39. The topological polar surface area (TPSA) is 150 Å². The third-order valence-electron chi connectivity index (χ3n) is 7.79. The van der Waals surface area contributed by atoms with E-state index >= 15 is 0 Å². The molecule has 1 aliphatic heterocycles. The Morgan fingerprint density at radius 3 is 2.60 bits per heavy atom. The van der Waals surface area contributed by atoms with E-state index in [1.165, 1.54) is 31.4 Å². The number of amides is 2. The number of fused-ring (bicyclic) bond motifs is 1. The Kier molecular flexibility index (Phi) is 9.14. The largest absolute Gasteiger partial charge is 0.508 e. The number of aliphatic hydroxyl groups is 2. The molecule has 2 aromatic carbocycles. The monoisotopic (exact) mass is 550 g/mol. The van der Waals surface area contributed by atoms with Crippen molar-refractivity contribution in [2.75, 3.05) is 25.2 Å². The molecule has 0 aromatic heterocycles. The predicted octanol–water partition coefficient (Wildman–Crippen LogP) is 4.00. The van der Waals surface area contributed by atoms with Crippen LogP contribution in [0.1, 0.15) is 38.2 Å². The summed E-state index contributed by atoms with van der Waals surface area (Å²) in [4.78, 5) is 38.8. The van der Waals surface area contributed by atoms with Crippen LogP contribution in [0.15, 0.2) is 65.3 Å². The molecule has 10 nitrogen and oxygen atoms in total. The predicted molar refractivity (Wildman–Crippen MR) is 148 cm³/mol. The van der Waals surface area contributed by atoms with E-state index in [1.807, 2.05) is 19.1 Å². The van der Waals surface area contributed by atoms with Crippen LogP contribution in [0.25, 0.3) is 6.08 Å². The van der Waals surface area contributed by atoms with Gasteiger partial charge in [0.05, 0.1) is 41.8 Å². The summed E-state index contributed by atoms with van der Waals surface area (Å²) in [5, 5.41) is 42.9. The van der Waals surface area contributed by atoms with Gasteiger partial charge in [0, 0.05) is 25.2 Å². The van der Waals surface area contributed by atoms with E-state index < -0.39 is 47.2 Å². The highest BCUT2D eigenvalue weighted by atomic mass is 16.6. The zero-order chi connectivity index (χ0) is 29.0. The summed E-state index contributed by atoms with van der Waals surface area (Å²) < 4.78 is 5.39. The Morgan fingerprint density at radius 2 is 1.95 bits per heavy atom. The fourth-order valence-electron chi connectivity index (χ4n) is 5.95. The van der Waals surface area contributed by atoms with Crippen molar-refractivity contribution in [3.63, 3.8) is 0 Å². The van der Waals surface area contributed by atoms with Crippen LogP contribution < -0.4 is 4.90 Å². The highest BCUT2D eigenvalue weighted by Gasteiger charge is 2.55. The minimum Gasteiger partial charge on any atom is -0.508 e. The first-order chi connectivity index (χ1) is 19.2. The fourth-order valence-corrected chi connectivity index (χ4v) is 5.95. The Labute approximate surface area is 232 Å². The van der Waals surface area contributed by atoms with Crippen LogP contribution in [0.3, 0.4) is 0 Å². The van der Waals surface area contributed by atoms with Gasteiger partial charge in [0.2, 0.25) is 11.8 Å². The number of rotatable bonds is 11. The van der Waals surface area contributed by atoms with Crippen molar-refractivity contribution >= 4 is 29.3 Å². The standard InChI is InChI=1S/C30H34N2O8/c1-3-18(12-19-6-4-9-23(34)13-19)10-11-26(35)27-20(17-40-2)14-24-28(25(27)16-33)30(37)31(29(24)36)21-7-5-8-22(15-21)32(38)39/h4-9,12-13,15,24-26,28,33-35H,3,10-11,14,16-17H2,1-2H3/b18-12+/t24-,25+,26-,28-/m1/s1. The third-order valence-corrected chi connectivity index (χ3v) is 7.79. The fraction of sp³-hybridized carbons (Fsp3) is 0.400. The van der Waals surface area contributed by atoms with Crippen molar-refractivity contribution in [1.82, 2.24) is 0 Å². The number of imide groups is 1. The molecule has 1 saturated heterocycles. The highest BCUT2D eigenvalue weighted by molar-refractivity contribution is 6.22. The van der Waals surface area contributed by atoms with Crippen molar-refractivity contribution in [2.45, 2.75) is 38.7 Å². The number of hydrogen-bond acceptors (Lipinski definition) is 8. The van der Waals surface area contributed by atoms with Crippen molar-refractivity contribution in [3.05, 3.63) is 80.9 Å². The molecule has 2 aromatic rings. The van der Waals surface area contributed by atoms with Gasteiger partial charge in [-0.2, -0.15) is 0 Å². The number of carbonyl (C=O) groups excluding carboxylic acids is 2. The lowest BCUT2D eigenvalue weighted by Gasteiger charge is -2.36. The number of ether oxygens (including phenoxy) is 1. The number of allylic oxidation sites excluding steroid dienone is 1. The minimum atomic E-state index is -0.989. The number of nitro groups is 1. The summed E-state index contributed by atoms with van der Waals surface area (Å²) in [5.41, 5.74) is 2.95. The van der Waals surface area contributed by atoms with Crippen molar-refractivity contribution in [1.29, 1.82) is 0 Å². The van der Waals surface area contributed by atoms with E-state index in [1.54, 1.807) is 18.2 Å². The van der Waals surface area contributed by atoms with Crippen molar-refractivity contribution in [2.24, 2.45) is 17.8 Å². The third kappa shape index (κ3) is 5.84. The molecule has 3 N–H and O–H groups in total. The lowest BCUT2D eigenvalue weighted by molar-refractivity contribution is -0.384. The Hall–Kier alpha value is -3.86. The molecule has 4 rings (SSSR count). The second-order valence-corrected chi connectivity index (χ2v) is 10.2. The van der Waals surface area contributed by atoms with Gasteiger partial charge in [0.1, 0.15) is 5.75 Å². The Morgan fingerprint density at radius 1 is 1.20 bits per heavy atom. The second-order valence-electron chi connectivity index (χ2n) is 10.2. The number of carbonyl (C=O) groups is 2. The van der Waals surface area contributed by atoms with Gasteiger partial charge in [-0.3, -0.25) is 19.7 Å². The van der Waals surface area contributed by atoms with Crippen LogP contribution in [0.5, 0.6) is 5.75 Å². The number of phenols is 1. The summed E-state index contributed by atoms with van der Waals surface area (Å²) in [6, 6.07) is 12.2. The van der Waals surface area contributed by atoms with E-state index in [2.05, 4.69) is 0 Å². The average molecular weight is 551 g/mol. The molecular weight excluding hydrogens is 516 g/mol. The van der Waals surface area contributed by atoms with E-state index in [0.717, 1.165) is 22.5 Å². The Balaban J connectivity index is 1.61. The molecule has 0 unspecified atom stereocenters. The SMILES string of the molecule is CC/C(=C\c1cccc(O)c1)CC[C@@H](O)C1=C(COC)C[C@H]2C(=O)N(c3cccc([N+](=O)[O-])c3)C(=O)[C@H]2[C@H]1CO. The number of anilines is 1. The second kappa shape index (κ2) is 12.5. The van der Waals surface area contributed by atoms with Crippen molar-refractivity contribution in [3.8, 4) is 5.75 Å². The van der Waals surface area contributed by atoms with Gasteiger partial charge in [0.15, 0.2) is 0 Å². The maximum absolute atomic E-state index is 13.6. The molecule has 1 aliphatic carbocycles. The molecule has 0 bridgehead atoms. The zero-order valence-corrected chi connectivity index (χ0v) is 22.5. The molecule has 0 spiro atoms. The number of hydrogen-bond donors (Lipinski definition) is 3. The molecule has 40 heavy (non-hydrogen) atoms. The van der Waals surface area contributed by atoms with Crippen LogP contribution >= 0.6 is 0 Å². The van der Waals surface area contributed by atoms with Gasteiger partial charge in [-0.1, -0.05) is 36.8 Å². The summed E-state index contributed by atoms with van der Waals surface area (Å²) in [7, 11) is 1.50. The number of aromatic hydroxyl groups is 1. The van der Waals surface area contributed by atoms with Gasteiger partial charge in [0.25, 0.3) is 5.69 Å². The molecular formula is C30H34N2O8. The molecule has 1 heterocycles. The molecule has 1 fully saturated rings. The van der Waals surface area contributed by atoms with Crippen LogP contribution in [0.2, 0.25) is 0 Å². The van der Waals surface area contributed by atoms with Gasteiger partial charge in [-0.05, 0) is 60.6 Å². The summed E-state index contributed by atoms with van der Waals surface area (Å²) in [6.07, 6.45) is 2.75. The Bertz CT molecular complexity index is 1350. The molecule has 0 radical (unpaired) electrons. The number of non-ortho nitro benzene ring substituents is 1. The van der Waals surface area contributed by atoms with Crippen molar-refractivity contribution < 1.29 is 34.6 Å². The average Bonchev–Trinajstić information content (AvgIpc) is 3.19. The molecule has 10 heteroatoms. The number of nitrogens with zero attached hydrogens (tertiary/aromatic N) is 2. The van der Waals surface area contributed by atoms with E-state index in [9.17, 15) is 35.0 Å². The zero-order valence-electron chi connectivity index (χ0n) is 22.5. The van der Waals surface area contributed by atoms with Crippen LogP contribution in [0.4, 0.5) is 11.4 Å². The van der Waals surface area contributed by atoms with Gasteiger partial charge in [-0.25, -0.2) is 4.90 Å². The smallest absolute Gasteiger partial charge is 0.271 e. The summed E-state index contributed by atoms with van der Waals surface area (Å²) in [6.45, 7) is 1.68. The summed E-state index contributed by atoms with van der Waals surface area (Å²) in [5.74, 6) is -3.36. The molecule has 212 valence electrons. The molecule has 2 aliphatic rings. The van der Waals surface area contributed by atoms with Crippen LogP contribution in [-0.4, -0.2) is 58.5 Å². The molecule has 2 amide bonds. The number of phenolic OH excluding ortho intramolecular Hbond substituents is 1. The van der Waals surface area contributed by atoms with Gasteiger partial charge >= 0.3 is 0 Å². The van der Waals surface area contributed by atoms with Gasteiger partial charge < -0.3 is 20.1 Å². The quantitative estimate of drug-likeness (QED) is 0.164. The van der Waals surface area contributed by atoms with Crippen LogP contribution in [-0.2, 0) is 14.3 Å². The highest BCUT2D eigenvalue weighted by Crippen LogP contribution is 2.47. The van der Waals surface area contributed by atoms with E-state index in [4.69, 9.17) is 4.74 Å². The first-order valence-corrected chi connectivity index (χ1v) is 13.3. The van der Waals surface area contributed by atoms with E-state index in [-0.39, 0.29) is 30.2 Å². The van der Waals surface area contributed by atoms with Crippen LogP contribution in [0, 0.1) is 27.9 Å². The number of benzene rings is 2. The summed E-state index contributed by atoms with van der Waals surface area (Å²) >= 11 is 0. The van der Waals surface area contributed by atoms with Gasteiger partial charge in [-0.15, -0.1) is 0 Å². The number of methoxy groups -OCH3 is 1. The van der Waals surface area contributed by atoms with E-state index in [0.29, 0.717) is 24.0 Å². The first kappa shape index (κ1) is 29.1. The number of nitro benzene ring substituents is 1. The lowest BCUT2D eigenvalue weighted by atomic mass is 9.68. The number of aliphatic hydroxyl groups excluding tert-OH is 2. The minimum absolute atomic E-state index is 0.107. The molecule has 4 atom stereocenters. The molecule has 0 saturated carbocycles. The maximum atomic E-state index is 13.6.